The van der Waals surface area contributed by atoms with Crippen molar-refractivity contribution >= 4 is 17.9 Å². The molecule has 0 fully saturated rings. The molecule has 0 aliphatic rings. The summed E-state index contributed by atoms with van der Waals surface area (Å²) < 4.78 is 7.27. The van der Waals surface area contributed by atoms with Gasteiger partial charge >= 0.3 is 0 Å². The van der Waals surface area contributed by atoms with Gasteiger partial charge in [-0.25, -0.2) is 0 Å². The Bertz CT molecular complexity index is 585. The molecule has 2 aromatic rings. The lowest BCUT2D eigenvalue weighted by Gasteiger charge is -2.05. The van der Waals surface area contributed by atoms with E-state index in [1.54, 1.807) is 12.1 Å². The Hall–Kier alpha value is -2.15. The number of hydrogen-bond donors (Lipinski definition) is 0. The first-order chi connectivity index (χ1) is 8.68. The Morgan fingerprint density at radius 1 is 1.06 bits per heavy atom. The van der Waals surface area contributed by atoms with E-state index in [1.165, 1.54) is 0 Å². The molecular formula is C16H14O. The van der Waals surface area contributed by atoms with Gasteiger partial charge < -0.3 is 0 Å². The second kappa shape index (κ2) is 5.26. The number of rotatable bonds is 3. The molecule has 0 bridgehead atoms. The molecule has 0 saturated carbocycles. The van der Waals surface area contributed by atoms with Crippen LogP contribution < -0.4 is 0 Å². The van der Waals surface area contributed by atoms with E-state index in [0.717, 1.165) is 16.7 Å². The standard InChI is InChI=1S/C16H14O/c1-13(11-14-7-3-2-4-8-14)16-10-6-5-9-15(16)12-17/h2-12H,1H3/b13-11+/i12D. The van der Waals surface area contributed by atoms with E-state index in [4.69, 9.17) is 1.37 Å². The third-order valence-corrected chi connectivity index (χ3v) is 2.64. The van der Waals surface area contributed by atoms with E-state index in [-0.39, 0.29) is 0 Å². The predicted molar refractivity (Wildman–Crippen MR) is 71.8 cm³/mol. The third-order valence-electron chi connectivity index (χ3n) is 2.64. The van der Waals surface area contributed by atoms with Crippen LogP contribution in [-0.4, -0.2) is 6.26 Å². The van der Waals surface area contributed by atoms with Gasteiger partial charge in [-0.15, -0.1) is 0 Å². The fourth-order valence-corrected chi connectivity index (χ4v) is 1.79. The second-order valence-corrected chi connectivity index (χ2v) is 3.89. The molecule has 0 radical (unpaired) electrons. The molecule has 0 unspecified atom stereocenters. The Morgan fingerprint density at radius 3 is 2.41 bits per heavy atom. The van der Waals surface area contributed by atoms with Crippen molar-refractivity contribution in [1.29, 1.82) is 0 Å². The summed E-state index contributed by atoms with van der Waals surface area (Å²) in [6.07, 6.45) is 1.37. The lowest BCUT2D eigenvalue weighted by Crippen LogP contribution is -1.88. The van der Waals surface area contributed by atoms with Crippen molar-refractivity contribution in [1.82, 2.24) is 0 Å². The van der Waals surface area contributed by atoms with E-state index in [1.807, 2.05) is 55.5 Å². The summed E-state index contributed by atoms with van der Waals surface area (Å²) in [7, 11) is 0. The highest BCUT2D eigenvalue weighted by Crippen LogP contribution is 2.20. The smallest absolute Gasteiger partial charge is 0.150 e. The van der Waals surface area contributed by atoms with E-state index in [2.05, 4.69) is 0 Å². The minimum Gasteiger partial charge on any atom is -0.298 e. The summed E-state index contributed by atoms with van der Waals surface area (Å²) in [5.41, 5.74) is 3.34. The van der Waals surface area contributed by atoms with Gasteiger partial charge in [0.05, 0.1) is 0 Å². The van der Waals surface area contributed by atoms with Crippen LogP contribution in [0.15, 0.2) is 54.6 Å². The van der Waals surface area contributed by atoms with Crippen LogP contribution in [0.1, 0.15) is 29.8 Å². The van der Waals surface area contributed by atoms with Crippen LogP contribution in [0.3, 0.4) is 0 Å². The molecule has 0 aliphatic carbocycles. The third kappa shape index (κ3) is 2.70. The maximum absolute atomic E-state index is 11.3. The Morgan fingerprint density at radius 2 is 1.71 bits per heavy atom. The maximum atomic E-state index is 11.3. The fraction of sp³-hybridized carbons (Fsp3) is 0.0625. The molecule has 1 nitrogen and oxygen atoms in total. The van der Waals surface area contributed by atoms with Crippen molar-refractivity contribution in [2.24, 2.45) is 0 Å². The molecule has 0 aliphatic heterocycles. The van der Waals surface area contributed by atoms with Gasteiger partial charge in [-0.1, -0.05) is 60.7 Å². The molecule has 0 N–H and O–H groups in total. The lowest BCUT2D eigenvalue weighted by molar-refractivity contribution is 0.112. The first-order valence-electron chi connectivity index (χ1n) is 6.02. The van der Waals surface area contributed by atoms with Gasteiger partial charge in [-0.2, -0.15) is 0 Å². The summed E-state index contributed by atoms with van der Waals surface area (Å²) in [6.45, 7) is 1.95. The monoisotopic (exact) mass is 223 g/mol. The minimum absolute atomic E-state index is 0.446. The van der Waals surface area contributed by atoms with Crippen LogP contribution in [0.25, 0.3) is 11.6 Å². The predicted octanol–water partition coefficient (Wildman–Crippen LogP) is 4.06. The van der Waals surface area contributed by atoms with Crippen LogP contribution in [0, 0.1) is 0 Å². The van der Waals surface area contributed by atoms with Crippen LogP contribution >= 0.6 is 0 Å². The summed E-state index contributed by atoms with van der Waals surface area (Å²) in [6, 6.07) is 17.1. The van der Waals surface area contributed by atoms with Crippen LogP contribution in [-0.2, 0) is 0 Å². The van der Waals surface area contributed by atoms with Gasteiger partial charge in [-0.05, 0) is 23.6 Å². The lowest BCUT2D eigenvalue weighted by atomic mass is 10.00. The molecule has 2 rings (SSSR count). The van der Waals surface area contributed by atoms with Gasteiger partial charge in [0.1, 0.15) is 1.37 Å². The molecule has 0 spiro atoms. The van der Waals surface area contributed by atoms with Gasteiger partial charge in [0.2, 0.25) is 0 Å². The highest BCUT2D eigenvalue weighted by Gasteiger charge is 2.01. The van der Waals surface area contributed by atoms with Crippen LogP contribution in [0.2, 0.25) is 0 Å². The van der Waals surface area contributed by atoms with Crippen molar-refractivity contribution in [3.8, 4) is 0 Å². The quantitative estimate of drug-likeness (QED) is 0.566. The molecule has 0 saturated heterocycles. The van der Waals surface area contributed by atoms with Crippen LogP contribution in [0.5, 0.6) is 0 Å². The average molecular weight is 223 g/mol. The summed E-state index contributed by atoms with van der Waals surface area (Å²) >= 11 is 0. The summed E-state index contributed by atoms with van der Waals surface area (Å²) in [4.78, 5) is 11.3. The maximum Gasteiger partial charge on any atom is 0.150 e. The Kier molecular flexibility index (Phi) is 3.10. The topological polar surface area (TPSA) is 17.1 Å². The van der Waals surface area contributed by atoms with Gasteiger partial charge in [0, 0.05) is 5.56 Å². The second-order valence-electron chi connectivity index (χ2n) is 3.89. The highest BCUT2D eigenvalue weighted by atomic mass is 16.1. The SMILES string of the molecule is [2H]C(=O)c1ccccc1/C(C)=C/c1ccccc1. The van der Waals surface area contributed by atoms with Crippen molar-refractivity contribution < 1.29 is 6.17 Å². The van der Waals surface area contributed by atoms with Gasteiger partial charge in [0.15, 0.2) is 6.26 Å². The number of aldehydes is 1. The number of carbonyl (C=O) groups excluding carboxylic acids is 1. The molecule has 1 heteroatoms. The first-order valence-corrected chi connectivity index (χ1v) is 5.52. The molecule has 2 aromatic carbocycles. The minimum atomic E-state index is -0.647. The van der Waals surface area contributed by atoms with E-state index in [9.17, 15) is 4.79 Å². The molecule has 84 valence electrons. The van der Waals surface area contributed by atoms with Crippen molar-refractivity contribution in [3.63, 3.8) is 0 Å². The van der Waals surface area contributed by atoms with E-state index >= 15 is 0 Å². The molecule has 0 amide bonds. The number of hydrogen-bond acceptors (Lipinski definition) is 1. The summed E-state index contributed by atoms with van der Waals surface area (Å²) in [5.74, 6) is 0. The zero-order chi connectivity index (χ0) is 13.0. The highest BCUT2D eigenvalue weighted by molar-refractivity contribution is 5.90. The first kappa shape index (κ1) is 10.0. The fourth-order valence-electron chi connectivity index (χ4n) is 1.79. The molecule has 0 heterocycles. The number of carbonyl (C=O) groups is 1. The van der Waals surface area contributed by atoms with Crippen molar-refractivity contribution in [2.75, 3.05) is 0 Å². The zero-order valence-corrected chi connectivity index (χ0v) is 9.68. The van der Waals surface area contributed by atoms with Crippen molar-refractivity contribution in [3.05, 3.63) is 71.3 Å². The summed E-state index contributed by atoms with van der Waals surface area (Å²) in [5, 5.41) is 0. The zero-order valence-electron chi connectivity index (χ0n) is 10.7. The average Bonchev–Trinajstić information content (AvgIpc) is 2.40. The molecule has 0 atom stereocenters. The Balaban J connectivity index is 2.43. The molecule has 0 aromatic heterocycles. The molecular weight excluding hydrogens is 208 g/mol. The molecule has 17 heavy (non-hydrogen) atoms. The van der Waals surface area contributed by atoms with Crippen LogP contribution in [0.4, 0.5) is 0 Å². The van der Waals surface area contributed by atoms with Gasteiger partial charge in [0.25, 0.3) is 0 Å². The van der Waals surface area contributed by atoms with Crippen molar-refractivity contribution in [2.45, 2.75) is 6.92 Å². The largest absolute Gasteiger partial charge is 0.298 e. The Labute approximate surface area is 103 Å². The normalized spacial score (nSPS) is 12.1. The van der Waals surface area contributed by atoms with E-state index < -0.39 is 6.26 Å². The van der Waals surface area contributed by atoms with E-state index in [0.29, 0.717) is 5.56 Å². The number of allylic oxidation sites excluding steroid dienone is 1. The number of benzene rings is 2. The van der Waals surface area contributed by atoms with Gasteiger partial charge in [-0.3, -0.25) is 4.79 Å².